The Labute approximate surface area is 127 Å². The minimum atomic E-state index is -0.980. The Kier molecular flexibility index (Phi) is 3.44. The van der Waals surface area contributed by atoms with Crippen LogP contribution in [0, 0.1) is 19.8 Å². The highest BCUT2D eigenvalue weighted by molar-refractivity contribution is 5.98. The molecule has 0 fully saturated rings. The minimum Gasteiger partial charge on any atom is -0.481 e. The van der Waals surface area contributed by atoms with Crippen molar-refractivity contribution in [1.29, 1.82) is 0 Å². The molecule has 1 aromatic carbocycles. The fourth-order valence-electron chi connectivity index (χ4n) is 2.78. The van der Waals surface area contributed by atoms with Gasteiger partial charge in [-0.3, -0.25) is 9.59 Å². The molecule has 1 aliphatic heterocycles. The van der Waals surface area contributed by atoms with Crippen LogP contribution >= 0.6 is 0 Å². The number of fused-ring (bicyclic) bond motifs is 1. The molecule has 2 heterocycles. The third-order valence-corrected chi connectivity index (χ3v) is 3.89. The van der Waals surface area contributed by atoms with E-state index in [-0.39, 0.29) is 12.3 Å². The molecule has 1 amide bonds. The molecule has 0 radical (unpaired) electrons. The van der Waals surface area contributed by atoms with Crippen LogP contribution in [0.25, 0.3) is 11.1 Å². The molecule has 114 valence electrons. The van der Waals surface area contributed by atoms with E-state index in [0.717, 1.165) is 22.4 Å². The second-order valence-electron chi connectivity index (χ2n) is 5.64. The maximum atomic E-state index is 12.1. The normalized spacial score (nSPS) is 17.0. The second-order valence-corrected chi connectivity index (χ2v) is 5.64. The third kappa shape index (κ3) is 2.47. The molecule has 1 atom stereocenters. The van der Waals surface area contributed by atoms with E-state index in [1.807, 2.05) is 38.1 Å². The zero-order valence-electron chi connectivity index (χ0n) is 12.5. The number of aryl methyl sites for hydroxylation is 2. The van der Waals surface area contributed by atoms with Crippen molar-refractivity contribution in [3.63, 3.8) is 0 Å². The van der Waals surface area contributed by atoms with Gasteiger partial charge < -0.3 is 10.4 Å². The summed E-state index contributed by atoms with van der Waals surface area (Å²) in [7, 11) is 0. The zero-order valence-corrected chi connectivity index (χ0v) is 12.5. The number of anilines is 1. The van der Waals surface area contributed by atoms with Crippen LogP contribution in [0.15, 0.2) is 24.3 Å². The van der Waals surface area contributed by atoms with Crippen molar-refractivity contribution in [2.24, 2.45) is 5.92 Å². The molecule has 1 aromatic heterocycles. The van der Waals surface area contributed by atoms with E-state index in [9.17, 15) is 9.59 Å². The SMILES string of the molecule is Cc1ccc(-c2c(C)nn3c2NC(=O)[C@@H](CC(=O)O)C3)cc1. The molecule has 2 aromatic rings. The Bertz CT molecular complexity index is 747. The summed E-state index contributed by atoms with van der Waals surface area (Å²) in [5.74, 6) is -1.18. The van der Waals surface area contributed by atoms with Gasteiger partial charge in [0.25, 0.3) is 0 Å². The fourth-order valence-corrected chi connectivity index (χ4v) is 2.78. The molecule has 0 bridgehead atoms. The van der Waals surface area contributed by atoms with Crippen LogP contribution in [-0.4, -0.2) is 26.8 Å². The van der Waals surface area contributed by atoms with Crippen LogP contribution in [0.5, 0.6) is 0 Å². The van der Waals surface area contributed by atoms with Gasteiger partial charge in [-0.15, -0.1) is 0 Å². The molecule has 3 rings (SSSR count). The van der Waals surface area contributed by atoms with Gasteiger partial charge in [-0.2, -0.15) is 5.10 Å². The lowest BCUT2D eigenvalue weighted by Crippen LogP contribution is -2.35. The first kappa shape index (κ1) is 14.3. The fraction of sp³-hybridized carbons (Fsp3) is 0.312. The average molecular weight is 299 g/mol. The molecule has 0 spiro atoms. The number of carboxylic acid groups (broad SMARTS) is 1. The third-order valence-electron chi connectivity index (χ3n) is 3.89. The molecule has 0 aliphatic carbocycles. The Morgan fingerprint density at radius 3 is 2.68 bits per heavy atom. The van der Waals surface area contributed by atoms with E-state index >= 15 is 0 Å². The number of nitrogens with zero attached hydrogens (tertiary/aromatic N) is 2. The highest BCUT2D eigenvalue weighted by atomic mass is 16.4. The highest BCUT2D eigenvalue weighted by Crippen LogP contribution is 2.34. The molecule has 1 aliphatic rings. The van der Waals surface area contributed by atoms with Crippen LogP contribution in [0.1, 0.15) is 17.7 Å². The van der Waals surface area contributed by atoms with E-state index in [1.165, 1.54) is 0 Å². The Morgan fingerprint density at radius 2 is 2.05 bits per heavy atom. The highest BCUT2D eigenvalue weighted by Gasteiger charge is 2.31. The standard InChI is InChI=1S/C16H17N3O3/c1-9-3-5-11(6-4-9)14-10(2)18-19-8-12(7-13(20)21)16(22)17-15(14)19/h3-6,12H,7-8H2,1-2H3,(H,17,22)(H,20,21)/t12-/m0/s1. The van der Waals surface area contributed by atoms with Crippen molar-refractivity contribution in [1.82, 2.24) is 9.78 Å². The Balaban J connectivity index is 2.00. The summed E-state index contributed by atoms with van der Waals surface area (Å²) >= 11 is 0. The van der Waals surface area contributed by atoms with Crippen molar-refractivity contribution in [3.05, 3.63) is 35.5 Å². The van der Waals surface area contributed by atoms with Gasteiger partial charge >= 0.3 is 5.97 Å². The number of carbonyl (C=O) groups excluding carboxylic acids is 1. The topological polar surface area (TPSA) is 84.2 Å². The second kappa shape index (κ2) is 5.29. The summed E-state index contributed by atoms with van der Waals surface area (Å²) in [6.07, 6.45) is -0.190. The first-order valence-corrected chi connectivity index (χ1v) is 7.13. The zero-order chi connectivity index (χ0) is 15.9. The molecule has 0 unspecified atom stereocenters. The van der Waals surface area contributed by atoms with Crippen LogP contribution in [0.2, 0.25) is 0 Å². The molecule has 6 nitrogen and oxygen atoms in total. The molecule has 0 saturated heterocycles. The number of amides is 1. The van der Waals surface area contributed by atoms with Gasteiger partial charge in [0, 0.05) is 5.56 Å². The van der Waals surface area contributed by atoms with Crippen molar-refractivity contribution in [2.75, 3.05) is 5.32 Å². The van der Waals surface area contributed by atoms with E-state index < -0.39 is 11.9 Å². The molecular formula is C16H17N3O3. The monoisotopic (exact) mass is 299 g/mol. The van der Waals surface area contributed by atoms with Crippen LogP contribution < -0.4 is 5.32 Å². The maximum absolute atomic E-state index is 12.1. The van der Waals surface area contributed by atoms with Gasteiger partial charge in [-0.1, -0.05) is 29.8 Å². The molecule has 2 N–H and O–H groups in total. The molecule has 0 saturated carbocycles. The summed E-state index contributed by atoms with van der Waals surface area (Å²) in [5.41, 5.74) is 3.85. The first-order valence-electron chi connectivity index (χ1n) is 7.13. The van der Waals surface area contributed by atoms with Gasteiger partial charge in [0.15, 0.2) is 0 Å². The van der Waals surface area contributed by atoms with E-state index in [4.69, 9.17) is 5.11 Å². The first-order chi connectivity index (χ1) is 10.5. The molecule has 22 heavy (non-hydrogen) atoms. The van der Waals surface area contributed by atoms with E-state index in [2.05, 4.69) is 10.4 Å². The number of hydrogen-bond donors (Lipinski definition) is 2. The Hall–Kier alpha value is -2.63. The van der Waals surface area contributed by atoms with Crippen molar-refractivity contribution >= 4 is 17.7 Å². The summed E-state index contributed by atoms with van der Waals surface area (Å²) in [5, 5.41) is 16.2. The number of hydrogen-bond acceptors (Lipinski definition) is 3. The summed E-state index contributed by atoms with van der Waals surface area (Å²) in [6.45, 7) is 4.20. The van der Waals surface area contributed by atoms with Gasteiger partial charge in [-0.05, 0) is 19.4 Å². The lowest BCUT2D eigenvalue weighted by atomic mass is 10.0. The van der Waals surface area contributed by atoms with Crippen LogP contribution in [0.4, 0.5) is 5.82 Å². The number of carboxylic acids is 1. The maximum Gasteiger partial charge on any atom is 0.304 e. The quantitative estimate of drug-likeness (QED) is 0.910. The summed E-state index contributed by atoms with van der Waals surface area (Å²) < 4.78 is 1.69. The van der Waals surface area contributed by atoms with Gasteiger partial charge in [0.1, 0.15) is 5.82 Å². The summed E-state index contributed by atoms with van der Waals surface area (Å²) in [6, 6.07) is 8.01. The van der Waals surface area contributed by atoms with E-state index in [1.54, 1.807) is 4.68 Å². The number of carbonyl (C=O) groups is 2. The molecular weight excluding hydrogens is 282 g/mol. The predicted molar refractivity (Wildman–Crippen MR) is 81.5 cm³/mol. The molecule has 6 heteroatoms. The van der Waals surface area contributed by atoms with E-state index in [0.29, 0.717) is 12.4 Å². The smallest absolute Gasteiger partial charge is 0.304 e. The van der Waals surface area contributed by atoms with Crippen molar-refractivity contribution < 1.29 is 14.7 Å². The lowest BCUT2D eigenvalue weighted by Gasteiger charge is -2.23. The summed E-state index contributed by atoms with van der Waals surface area (Å²) in [4.78, 5) is 23.0. The Morgan fingerprint density at radius 1 is 1.36 bits per heavy atom. The van der Waals surface area contributed by atoms with Crippen molar-refractivity contribution in [3.8, 4) is 11.1 Å². The number of rotatable bonds is 3. The predicted octanol–water partition coefficient (Wildman–Crippen LogP) is 2.21. The number of nitrogens with one attached hydrogen (secondary N) is 1. The lowest BCUT2D eigenvalue weighted by molar-refractivity contribution is -0.140. The van der Waals surface area contributed by atoms with Gasteiger partial charge in [-0.25, -0.2) is 4.68 Å². The van der Waals surface area contributed by atoms with Gasteiger partial charge in [0.05, 0.1) is 24.6 Å². The number of benzene rings is 1. The average Bonchev–Trinajstić information content (AvgIpc) is 2.75. The van der Waals surface area contributed by atoms with Crippen LogP contribution in [-0.2, 0) is 16.1 Å². The number of aromatic nitrogens is 2. The van der Waals surface area contributed by atoms with Crippen LogP contribution in [0.3, 0.4) is 0 Å². The van der Waals surface area contributed by atoms with Gasteiger partial charge in [0.2, 0.25) is 5.91 Å². The largest absolute Gasteiger partial charge is 0.481 e. The number of aliphatic carboxylic acids is 1. The minimum absolute atomic E-state index is 0.190. The van der Waals surface area contributed by atoms with Crippen molar-refractivity contribution in [2.45, 2.75) is 26.8 Å².